The van der Waals surface area contributed by atoms with Crippen LogP contribution in [-0.4, -0.2) is 28.2 Å². The van der Waals surface area contributed by atoms with Crippen LogP contribution in [0.1, 0.15) is 26.2 Å². The van der Waals surface area contributed by atoms with Gasteiger partial charge < -0.3 is 9.84 Å². The van der Waals surface area contributed by atoms with E-state index >= 15 is 0 Å². The average Bonchev–Trinajstić information content (AvgIpc) is 2.40. The fourth-order valence-corrected chi connectivity index (χ4v) is 3.54. The van der Waals surface area contributed by atoms with Crippen molar-refractivity contribution in [2.24, 2.45) is 5.41 Å². The van der Waals surface area contributed by atoms with Gasteiger partial charge in [-0.25, -0.2) is 0 Å². The lowest BCUT2D eigenvalue weighted by Gasteiger charge is -2.35. The number of carbonyl (C=O) groups excluding carboxylic acids is 1. The molecule has 0 bridgehead atoms. The van der Waals surface area contributed by atoms with E-state index < -0.39 is 11.0 Å². The monoisotopic (exact) mass is 298 g/mol. The Morgan fingerprint density at radius 2 is 2.23 bits per heavy atom. The summed E-state index contributed by atoms with van der Waals surface area (Å²) in [5.74, 6) is -0.274. The van der Waals surface area contributed by atoms with Gasteiger partial charge in [0.1, 0.15) is 5.41 Å². The van der Waals surface area contributed by atoms with Gasteiger partial charge in [-0.15, -0.1) is 0 Å². The first-order chi connectivity index (χ1) is 6.00. The molecule has 2 atom stereocenters. The van der Waals surface area contributed by atoms with Crippen LogP contribution in [0, 0.1) is 5.41 Å². The molecule has 3 nitrogen and oxygen atoms in total. The molecule has 76 valence electrons. The summed E-state index contributed by atoms with van der Waals surface area (Å²) in [5.41, 5.74) is -1.58. The second-order valence-corrected chi connectivity index (χ2v) is 4.60. The van der Waals surface area contributed by atoms with Crippen molar-refractivity contribution in [3.05, 3.63) is 0 Å². The van der Waals surface area contributed by atoms with Crippen LogP contribution in [0.3, 0.4) is 0 Å². The first-order valence-electron chi connectivity index (χ1n) is 4.37. The van der Waals surface area contributed by atoms with Gasteiger partial charge in [0.2, 0.25) is 0 Å². The minimum Gasteiger partial charge on any atom is -0.468 e. The van der Waals surface area contributed by atoms with Crippen molar-refractivity contribution in [3.63, 3.8) is 0 Å². The summed E-state index contributed by atoms with van der Waals surface area (Å²) in [6.07, 6.45) is 2.31. The maximum atomic E-state index is 11.6. The van der Waals surface area contributed by atoms with Crippen LogP contribution in [0.5, 0.6) is 0 Å². The third kappa shape index (κ3) is 1.58. The Kier molecular flexibility index (Phi) is 3.22. The number of rotatable bonds is 2. The minimum absolute atomic E-state index is 0.274. The number of alkyl halides is 1. The molecule has 0 aromatic carbocycles. The van der Waals surface area contributed by atoms with Crippen LogP contribution in [0.15, 0.2) is 0 Å². The summed E-state index contributed by atoms with van der Waals surface area (Å²) in [6, 6.07) is 0. The molecule has 1 fully saturated rings. The van der Waals surface area contributed by atoms with Crippen molar-refractivity contribution in [1.29, 1.82) is 0 Å². The topological polar surface area (TPSA) is 46.5 Å². The molecule has 0 spiro atoms. The standard InChI is InChI=1S/C9H15IO3/c1-8(12)4-3-5-9(8,6-10)7(11)13-2/h12H,3-6H2,1-2H3/t8-,9+/m1/s1. The highest BCUT2D eigenvalue weighted by atomic mass is 127. The number of aliphatic hydroxyl groups is 1. The SMILES string of the molecule is COC(=O)[C@@]1(CI)CCC[C@@]1(C)O. The predicted molar refractivity (Wildman–Crippen MR) is 57.8 cm³/mol. The molecule has 0 radical (unpaired) electrons. The molecule has 0 unspecified atom stereocenters. The van der Waals surface area contributed by atoms with Gasteiger partial charge in [0.25, 0.3) is 0 Å². The second-order valence-electron chi connectivity index (χ2n) is 3.83. The first-order valence-corrected chi connectivity index (χ1v) is 5.89. The molecule has 1 aliphatic carbocycles. The molecule has 13 heavy (non-hydrogen) atoms. The minimum atomic E-state index is -0.902. The Labute approximate surface area is 92.0 Å². The predicted octanol–water partition coefficient (Wildman–Crippen LogP) is 1.52. The van der Waals surface area contributed by atoms with Crippen molar-refractivity contribution in [2.45, 2.75) is 31.8 Å². The number of hydrogen-bond donors (Lipinski definition) is 1. The molecule has 0 heterocycles. The van der Waals surface area contributed by atoms with Crippen molar-refractivity contribution < 1.29 is 14.6 Å². The lowest BCUT2D eigenvalue weighted by molar-refractivity contribution is -0.163. The highest BCUT2D eigenvalue weighted by Gasteiger charge is 2.56. The van der Waals surface area contributed by atoms with Gasteiger partial charge in [-0.1, -0.05) is 22.6 Å². The zero-order valence-corrected chi connectivity index (χ0v) is 10.1. The smallest absolute Gasteiger partial charge is 0.315 e. The zero-order valence-electron chi connectivity index (χ0n) is 7.97. The molecule has 4 heteroatoms. The van der Waals surface area contributed by atoms with E-state index in [2.05, 4.69) is 22.6 Å². The van der Waals surface area contributed by atoms with Gasteiger partial charge in [0, 0.05) is 4.43 Å². The summed E-state index contributed by atoms with van der Waals surface area (Å²) < 4.78 is 5.38. The zero-order chi connectivity index (χ0) is 10.1. The lowest BCUT2D eigenvalue weighted by atomic mass is 9.77. The van der Waals surface area contributed by atoms with Crippen molar-refractivity contribution in [1.82, 2.24) is 0 Å². The van der Waals surface area contributed by atoms with Crippen molar-refractivity contribution in [3.8, 4) is 0 Å². The largest absolute Gasteiger partial charge is 0.468 e. The molecule has 0 saturated heterocycles. The molecule has 1 aliphatic rings. The molecule has 1 rings (SSSR count). The van der Waals surface area contributed by atoms with Gasteiger partial charge >= 0.3 is 5.97 Å². The molecule has 0 aromatic rings. The van der Waals surface area contributed by atoms with E-state index in [0.717, 1.165) is 12.8 Å². The number of halogens is 1. The van der Waals surface area contributed by atoms with E-state index in [1.54, 1.807) is 6.92 Å². The molecule has 1 saturated carbocycles. The maximum absolute atomic E-state index is 11.6. The Balaban J connectivity index is 2.98. The molecular formula is C9H15IO3. The van der Waals surface area contributed by atoms with Gasteiger partial charge in [-0.05, 0) is 26.2 Å². The van der Waals surface area contributed by atoms with Crippen LogP contribution in [0.2, 0.25) is 0 Å². The van der Waals surface area contributed by atoms with E-state index in [0.29, 0.717) is 10.8 Å². The Morgan fingerprint density at radius 3 is 2.54 bits per heavy atom. The lowest BCUT2D eigenvalue weighted by Crippen LogP contribution is -2.49. The van der Waals surface area contributed by atoms with Crippen LogP contribution >= 0.6 is 22.6 Å². The molecular weight excluding hydrogens is 283 g/mol. The molecule has 0 aromatic heterocycles. The number of methoxy groups -OCH3 is 1. The number of ether oxygens (including phenoxy) is 1. The number of carbonyl (C=O) groups is 1. The Morgan fingerprint density at radius 1 is 1.62 bits per heavy atom. The molecule has 1 N–H and O–H groups in total. The van der Waals surface area contributed by atoms with Crippen LogP contribution in [0.25, 0.3) is 0 Å². The van der Waals surface area contributed by atoms with Crippen LogP contribution in [-0.2, 0) is 9.53 Å². The van der Waals surface area contributed by atoms with Crippen molar-refractivity contribution in [2.75, 3.05) is 11.5 Å². The number of hydrogen-bond acceptors (Lipinski definition) is 3. The normalized spacial score (nSPS) is 39.1. The van der Waals surface area contributed by atoms with Gasteiger partial charge in [-0.3, -0.25) is 4.79 Å². The third-order valence-corrected chi connectivity index (χ3v) is 4.40. The Hall–Kier alpha value is 0.160. The molecule has 0 aliphatic heterocycles. The van der Waals surface area contributed by atoms with E-state index in [9.17, 15) is 9.90 Å². The summed E-state index contributed by atoms with van der Waals surface area (Å²) in [4.78, 5) is 11.6. The fraction of sp³-hybridized carbons (Fsp3) is 0.889. The van der Waals surface area contributed by atoms with Gasteiger partial charge in [-0.2, -0.15) is 0 Å². The summed E-state index contributed by atoms with van der Waals surface area (Å²) in [7, 11) is 1.38. The van der Waals surface area contributed by atoms with E-state index in [1.807, 2.05) is 0 Å². The van der Waals surface area contributed by atoms with Crippen LogP contribution in [0.4, 0.5) is 0 Å². The van der Waals surface area contributed by atoms with E-state index in [-0.39, 0.29) is 5.97 Å². The van der Waals surface area contributed by atoms with Crippen molar-refractivity contribution >= 4 is 28.6 Å². The first kappa shape index (κ1) is 11.2. The Bertz CT molecular complexity index is 215. The van der Waals surface area contributed by atoms with Crippen LogP contribution < -0.4 is 0 Å². The summed E-state index contributed by atoms with van der Waals surface area (Å²) in [6.45, 7) is 1.73. The average molecular weight is 298 g/mol. The summed E-state index contributed by atoms with van der Waals surface area (Å²) >= 11 is 2.15. The van der Waals surface area contributed by atoms with Gasteiger partial charge in [0.05, 0.1) is 12.7 Å². The highest BCUT2D eigenvalue weighted by Crippen LogP contribution is 2.48. The second kappa shape index (κ2) is 3.73. The third-order valence-electron chi connectivity index (χ3n) is 3.10. The highest BCUT2D eigenvalue weighted by molar-refractivity contribution is 14.1. The summed E-state index contributed by atoms with van der Waals surface area (Å²) in [5, 5.41) is 10.1. The molecule has 0 amide bonds. The van der Waals surface area contributed by atoms with E-state index in [4.69, 9.17) is 4.74 Å². The number of esters is 1. The maximum Gasteiger partial charge on any atom is 0.315 e. The van der Waals surface area contributed by atoms with E-state index in [1.165, 1.54) is 7.11 Å². The van der Waals surface area contributed by atoms with Gasteiger partial charge in [0.15, 0.2) is 0 Å². The fourth-order valence-electron chi connectivity index (χ4n) is 2.03. The quantitative estimate of drug-likeness (QED) is 0.477.